The lowest BCUT2D eigenvalue weighted by molar-refractivity contribution is -0.114. The van der Waals surface area contributed by atoms with Gasteiger partial charge in [-0.25, -0.2) is 17.2 Å². The first-order valence-corrected chi connectivity index (χ1v) is 12.0. The van der Waals surface area contributed by atoms with Gasteiger partial charge < -0.3 is 9.64 Å². The summed E-state index contributed by atoms with van der Waals surface area (Å²) in [4.78, 5) is 25.4. The highest BCUT2D eigenvalue weighted by atomic mass is 32.2. The number of halogens is 2. The molecule has 10 heteroatoms. The van der Waals surface area contributed by atoms with Gasteiger partial charge in [-0.15, -0.1) is 0 Å². The Morgan fingerprint density at radius 2 is 1.68 bits per heavy atom. The van der Waals surface area contributed by atoms with Crippen molar-refractivity contribution in [3.05, 3.63) is 71.8 Å². The summed E-state index contributed by atoms with van der Waals surface area (Å²) in [5, 5.41) is 0. The number of carbonyl (C=O) groups is 2. The van der Waals surface area contributed by atoms with Crippen molar-refractivity contribution in [1.29, 1.82) is 0 Å². The van der Waals surface area contributed by atoms with E-state index in [1.807, 2.05) is 0 Å². The van der Waals surface area contributed by atoms with Crippen LogP contribution in [-0.2, 0) is 14.8 Å². The van der Waals surface area contributed by atoms with E-state index in [0.717, 1.165) is 12.1 Å². The molecule has 0 atom stereocenters. The Morgan fingerprint density at radius 3 is 2.38 bits per heavy atom. The van der Waals surface area contributed by atoms with E-state index in [2.05, 4.69) is 4.72 Å². The number of hydrogen-bond donors (Lipinski definition) is 1. The van der Waals surface area contributed by atoms with Gasteiger partial charge in [-0.1, -0.05) is 13.0 Å². The van der Waals surface area contributed by atoms with Crippen molar-refractivity contribution in [2.75, 3.05) is 22.4 Å². The van der Waals surface area contributed by atoms with E-state index < -0.39 is 33.3 Å². The minimum atomic E-state index is -3.59. The number of nitrogens with one attached hydrogen (secondary N) is 1. The number of carbonyl (C=O) groups excluding carboxylic acids is 2. The van der Waals surface area contributed by atoms with Crippen LogP contribution in [0.5, 0.6) is 11.5 Å². The molecule has 176 valence electrons. The first-order chi connectivity index (χ1) is 16.1. The molecular formula is C24H20F2N2O5S. The Balaban J connectivity index is 1.82. The topological polar surface area (TPSA) is 92.8 Å². The third-order valence-corrected chi connectivity index (χ3v) is 6.75. The molecule has 4 rings (SSSR count). The summed E-state index contributed by atoms with van der Waals surface area (Å²) in [5.74, 6) is -3.12. The van der Waals surface area contributed by atoms with E-state index in [-0.39, 0.29) is 28.5 Å². The summed E-state index contributed by atoms with van der Waals surface area (Å²) < 4.78 is 60.3. The maximum Gasteiger partial charge on any atom is 0.299 e. The molecule has 1 heterocycles. The lowest BCUT2D eigenvalue weighted by Crippen LogP contribution is -2.24. The molecule has 1 N–H and O–H groups in total. The number of fused-ring (bicyclic) bond motifs is 1. The van der Waals surface area contributed by atoms with Crippen molar-refractivity contribution < 1.29 is 31.5 Å². The number of amides is 1. The second kappa shape index (κ2) is 8.86. The van der Waals surface area contributed by atoms with Gasteiger partial charge in [0.1, 0.15) is 11.6 Å². The SMILES string of the molecule is CCCS(=O)(=O)Nc1ccc(Oc2ccc(F)cc2F)c(-c2ccc3c(c2)N(C)C(=O)C3=O)c1. The predicted octanol–water partition coefficient (Wildman–Crippen LogP) is 4.73. The third kappa shape index (κ3) is 4.49. The van der Waals surface area contributed by atoms with Crippen LogP contribution in [-0.4, -0.2) is 32.9 Å². The number of Topliss-reactive ketones (excluding diaryl/α,β-unsaturated/α-hetero) is 1. The molecular weight excluding hydrogens is 466 g/mol. The standard InChI is InChI=1S/C24H20F2N2O5S/c1-3-10-34(31,32)27-16-6-9-21(33-22-8-5-15(25)12-19(22)26)18(13-16)14-4-7-17-20(11-14)28(2)24(30)23(17)29/h4-9,11-13,27H,3,10H2,1-2H3. The largest absolute Gasteiger partial charge is 0.454 e. The maximum absolute atomic E-state index is 14.2. The third-order valence-electron chi connectivity index (χ3n) is 5.25. The van der Waals surface area contributed by atoms with Crippen LogP contribution in [0.4, 0.5) is 20.2 Å². The van der Waals surface area contributed by atoms with Crippen LogP contribution in [0.3, 0.4) is 0 Å². The van der Waals surface area contributed by atoms with Crippen molar-refractivity contribution in [2.45, 2.75) is 13.3 Å². The van der Waals surface area contributed by atoms with Gasteiger partial charge >= 0.3 is 0 Å². The number of rotatable bonds is 7. The number of sulfonamides is 1. The number of hydrogen-bond acceptors (Lipinski definition) is 5. The smallest absolute Gasteiger partial charge is 0.299 e. The van der Waals surface area contributed by atoms with E-state index in [9.17, 15) is 26.8 Å². The summed E-state index contributed by atoms with van der Waals surface area (Å²) in [6, 6.07) is 11.9. The second-order valence-electron chi connectivity index (χ2n) is 7.73. The van der Waals surface area contributed by atoms with E-state index >= 15 is 0 Å². The molecule has 0 aromatic heterocycles. The van der Waals surface area contributed by atoms with Crippen LogP contribution < -0.4 is 14.4 Å². The molecule has 0 saturated carbocycles. The molecule has 0 spiro atoms. The van der Waals surface area contributed by atoms with Gasteiger partial charge in [0.05, 0.1) is 17.0 Å². The molecule has 1 aliphatic rings. The molecule has 0 fully saturated rings. The molecule has 1 aliphatic heterocycles. The summed E-state index contributed by atoms with van der Waals surface area (Å²) in [7, 11) is -2.12. The van der Waals surface area contributed by atoms with Crippen molar-refractivity contribution in [3.8, 4) is 22.6 Å². The number of likely N-dealkylation sites (N-methyl/N-ethyl adjacent to an activating group) is 1. The first-order valence-electron chi connectivity index (χ1n) is 10.3. The lowest BCUT2D eigenvalue weighted by atomic mass is 10.0. The zero-order chi connectivity index (χ0) is 24.6. The Labute approximate surface area is 195 Å². The fourth-order valence-electron chi connectivity index (χ4n) is 3.63. The molecule has 0 saturated heterocycles. The summed E-state index contributed by atoms with van der Waals surface area (Å²) in [6.07, 6.45) is 0.423. The van der Waals surface area contributed by atoms with Crippen LogP contribution in [0.1, 0.15) is 23.7 Å². The van der Waals surface area contributed by atoms with Crippen molar-refractivity contribution >= 4 is 33.1 Å². The van der Waals surface area contributed by atoms with Gasteiger partial charge in [0.25, 0.3) is 11.7 Å². The monoisotopic (exact) mass is 486 g/mol. The lowest BCUT2D eigenvalue weighted by Gasteiger charge is -2.16. The van der Waals surface area contributed by atoms with E-state index in [1.165, 1.54) is 36.2 Å². The van der Waals surface area contributed by atoms with Crippen molar-refractivity contribution in [2.24, 2.45) is 0 Å². The number of nitrogens with zero attached hydrogens (tertiary/aromatic N) is 1. The zero-order valence-electron chi connectivity index (χ0n) is 18.3. The number of anilines is 2. The fourth-order valence-corrected chi connectivity index (χ4v) is 4.76. The van der Waals surface area contributed by atoms with E-state index in [1.54, 1.807) is 19.1 Å². The average Bonchev–Trinajstić information content (AvgIpc) is 3.00. The highest BCUT2D eigenvalue weighted by molar-refractivity contribution is 7.92. The van der Waals surface area contributed by atoms with Crippen LogP contribution >= 0.6 is 0 Å². The Morgan fingerprint density at radius 1 is 0.941 bits per heavy atom. The number of ketones is 1. The molecule has 0 bridgehead atoms. The maximum atomic E-state index is 14.2. The fraction of sp³-hybridized carbons (Fsp3) is 0.167. The molecule has 0 radical (unpaired) electrons. The molecule has 3 aromatic carbocycles. The average molecular weight is 486 g/mol. The van der Waals surface area contributed by atoms with Crippen LogP contribution in [0.25, 0.3) is 11.1 Å². The van der Waals surface area contributed by atoms with E-state index in [0.29, 0.717) is 29.3 Å². The normalized spacial score (nSPS) is 13.2. The minimum absolute atomic E-state index is 0.0742. The van der Waals surface area contributed by atoms with E-state index in [4.69, 9.17) is 4.74 Å². The quantitative estimate of drug-likeness (QED) is 0.487. The van der Waals surface area contributed by atoms with Crippen LogP contribution in [0, 0.1) is 11.6 Å². The number of ether oxygens (including phenoxy) is 1. The van der Waals surface area contributed by atoms with Gasteiger partial charge in [0, 0.05) is 24.4 Å². The minimum Gasteiger partial charge on any atom is -0.454 e. The highest BCUT2D eigenvalue weighted by Crippen LogP contribution is 2.40. The Bertz CT molecular complexity index is 1420. The van der Waals surface area contributed by atoms with Gasteiger partial charge in [-0.2, -0.15) is 0 Å². The van der Waals surface area contributed by atoms with Crippen molar-refractivity contribution in [3.63, 3.8) is 0 Å². The molecule has 0 aliphatic carbocycles. The Kier molecular flexibility index (Phi) is 6.09. The summed E-state index contributed by atoms with van der Waals surface area (Å²) in [5.41, 5.74) is 1.72. The predicted molar refractivity (Wildman–Crippen MR) is 124 cm³/mol. The summed E-state index contributed by atoms with van der Waals surface area (Å²) >= 11 is 0. The van der Waals surface area contributed by atoms with Gasteiger partial charge in [0.15, 0.2) is 11.6 Å². The second-order valence-corrected chi connectivity index (χ2v) is 9.58. The van der Waals surface area contributed by atoms with Crippen LogP contribution in [0.2, 0.25) is 0 Å². The highest BCUT2D eigenvalue weighted by Gasteiger charge is 2.33. The molecule has 34 heavy (non-hydrogen) atoms. The summed E-state index contributed by atoms with van der Waals surface area (Å²) in [6.45, 7) is 1.74. The van der Waals surface area contributed by atoms with Gasteiger partial charge in [-0.05, 0) is 54.4 Å². The molecule has 0 unspecified atom stereocenters. The molecule has 3 aromatic rings. The Hall–Kier alpha value is -3.79. The van der Waals surface area contributed by atoms with Gasteiger partial charge in [-0.3, -0.25) is 14.3 Å². The zero-order valence-corrected chi connectivity index (χ0v) is 19.1. The molecule has 7 nitrogen and oxygen atoms in total. The first kappa shape index (κ1) is 23.4. The van der Waals surface area contributed by atoms with Gasteiger partial charge in [0.2, 0.25) is 10.0 Å². The number of benzene rings is 3. The molecule has 1 amide bonds. The van der Waals surface area contributed by atoms with Crippen LogP contribution in [0.15, 0.2) is 54.6 Å². The van der Waals surface area contributed by atoms with Crippen molar-refractivity contribution in [1.82, 2.24) is 0 Å².